The molecule has 1 unspecified atom stereocenters. The lowest BCUT2D eigenvalue weighted by Gasteiger charge is -2.15. The molecule has 2 aromatic rings. The minimum Gasteiger partial charge on any atom is -0.311 e. The summed E-state index contributed by atoms with van der Waals surface area (Å²) in [6.07, 6.45) is 6.16. The fraction of sp³-hybridized carbons (Fsp3) is 0.231. The Morgan fingerprint density at radius 1 is 1.24 bits per heavy atom. The van der Waals surface area contributed by atoms with Gasteiger partial charge in [0.15, 0.2) is 0 Å². The van der Waals surface area contributed by atoms with Crippen molar-refractivity contribution in [3.05, 3.63) is 57.7 Å². The zero-order chi connectivity index (χ0) is 12.1. The largest absolute Gasteiger partial charge is 0.311 e. The number of halogens is 1. The van der Waals surface area contributed by atoms with E-state index >= 15 is 0 Å². The van der Waals surface area contributed by atoms with Gasteiger partial charge in [-0.3, -0.25) is 9.97 Å². The summed E-state index contributed by atoms with van der Waals surface area (Å²) in [4.78, 5) is 8.44. The van der Waals surface area contributed by atoms with Crippen LogP contribution in [0.1, 0.15) is 17.3 Å². The normalized spacial score (nSPS) is 12.4. The minimum atomic E-state index is 0.212. The first kappa shape index (κ1) is 12.4. The van der Waals surface area contributed by atoms with Crippen LogP contribution in [0.2, 0.25) is 0 Å². The number of likely N-dealkylation sites (N-methyl/N-ethyl adjacent to an activating group) is 1. The van der Waals surface area contributed by atoms with Crippen LogP contribution in [0, 0.1) is 3.57 Å². The molecule has 0 aliphatic carbocycles. The lowest BCUT2D eigenvalue weighted by Crippen LogP contribution is -2.20. The molecule has 0 saturated carbocycles. The second-order valence-corrected chi connectivity index (χ2v) is 5.05. The number of hydrogen-bond donors (Lipinski definition) is 1. The molecule has 0 aliphatic heterocycles. The number of aromatic nitrogens is 2. The minimum absolute atomic E-state index is 0.212. The predicted molar refractivity (Wildman–Crippen MR) is 76.7 cm³/mol. The molecule has 0 aliphatic rings. The molecule has 1 N–H and O–H groups in total. The Hall–Kier alpha value is -1.01. The van der Waals surface area contributed by atoms with Crippen LogP contribution in [0.4, 0.5) is 0 Å². The van der Waals surface area contributed by atoms with Gasteiger partial charge in [0.05, 0.1) is 11.7 Å². The van der Waals surface area contributed by atoms with E-state index in [1.807, 2.05) is 13.2 Å². The maximum absolute atomic E-state index is 4.34. The van der Waals surface area contributed by atoms with Crippen molar-refractivity contribution in [2.75, 3.05) is 7.05 Å². The van der Waals surface area contributed by atoms with E-state index in [1.54, 1.807) is 12.4 Å². The molecule has 4 heteroatoms. The topological polar surface area (TPSA) is 37.8 Å². The summed E-state index contributed by atoms with van der Waals surface area (Å²) in [5.41, 5.74) is 2.28. The summed E-state index contributed by atoms with van der Waals surface area (Å²) in [6, 6.07) is 8.77. The molecule has 0 bridgehead atoms. The van der Waals surface area contributed by atoms with E-state index in [9.17, 15) is 0 Å². The zero-order valence-electron chi connectivity index (χ0n) is 9.60. The monoisotopic (exact) mass is 339 g/mol. The molecular formula is C13H14IN3. The van der Waals surface area contributed by atoms with Gasteiger partial charge in [0.2, 0.25) is 0 Å². The maximum atomic E-state index is 4.34. The van der Waals surface area contributed by atoms with Gasteiger partial charge in [0.1, 0.15) is 0 Å². The van der Waals surface area contributed by atoms with Gasteiger partial charge >= 0.3 is 0 Å². The summed E-state index contributed by atoms with van der Waals surface area (Å²) >= 11 is 2.31. The summed E-state index contributed by atoms with van der Waals surface area (Å²) in [5.74, 6) is 0. The van der Waals surface area contributed by atoms with E-state index in [0.29, 0.717) is 0 Å². The molecule has 17 heavy (non-hydrogen) atoms. The van der Waals surface area contributed by atoms with Gasteiger partial charge < -0.3 is 5.32 Å². The Labute approximate surface area is 115 Å². The van der Waals surface area contributed by atoms with Crippen molar-refractivity contribution in [1.29, 1.82) is 0 Å². The van der Waals surface area contributed by atoms with Crippen molar-refractivity contribution in [1.82, 2.24) is 15.3 Å². The second kappa shape index (κ2) is 6.07. The van der Waals surface area contributed by atoms with Gasteiger partial charge in [0, 0.05) is 22.2 Å². The zero-order valence-corrected chi connectivity index (χ0v) is 11.8. The van der Waals surface area contributed by atoms with Gasteiger partial charge in [-0.2, -0.15) is 0 Å². The quantitative estimate of drug-likeness (QED) is 0.870. The number of nitrogens with one attached hydrogen (secondary N) is 1. The molecule has 0 radical (unpaired) electrons. The van der Waals surface area contributed by atoms with Crippen LogP contribution in [0.25, 0.3) is 0 Å². The molecule has 0 amide bonds. The molecule has 1 atom stereocenters. The van der Waals surface area contributed by atoms with Gasteiger partial charge in [-0.05, 0) is 53.8 Å². The van der Waals surface area contributed by atoms with Crippen molar-refractivity contribution >= 4 is 22.6 Å². The highest BCUT2D eigenvalue weighted by atomic mass is 127. The molecule has 1 aromatic carbocycles. The Morgan fingerprint density at radius 2 is 2.00 bits per heavy atom. The summed E-state index contributed by atoms with van der Waals surface area (Å²) in [5, 5.41) is 3.28. The van der Waals surface area contributed by atoms with Crippen LogP contribution in [-0.2, 0) is 6.42 Å². The molecule has 0 spiro atoms. The Bertz CT molecular complexity index is 456. The van der Waals surface area contributed by atoms with Crippen LogP contribution in [0.15, 0.2) is 42.9 Å². The van der Waals surface area contributed by atoms with Crippen molar-refractivity contribution in [2.24, 2.45) is 0 Å². The van der Waals surface area contributed by atoms with Crippen LogP contribution in [0.5, 0.6) is 0 Å². The van der Waals surface area contributed by atoms with E-state index in [4.69, 9.17) is 0 Å². The standard InChI is InChI=1S/C13H14IN3/c1-15-12(13-9-16-6-7-17-13)8-10-2-4-11(14)5-3-10/h2-7,9,12,15H,8H2,1H3. The smallest absolute Gasteiger partial charge is 0.0759 e. The van der Waals surface area contributed by atoms with Gasteiger partial charge in [-0.1, -0.05) is 12.1 Å². The summed E-state index contributed by atoms with van der Waals surface area (Å²) < 4.78 is 1.26. The van der Waals surface area contributed by atoms with E-state index in [1.165, 1.54) is 9.13 Å². The highest BCUT2D eigenvalue weighted by Crippen LogP contribution is 2.16. The number of benzene rings is 1. The molecule has 0 saturated heterocycles. The first-order valence-electron chi connectivity index (χ1n) is 5.47. The van der Waals surface area contributed by atoms with Crippen LogP contribution < -0.4 is 5.32 Å². The molecule has 0 fully saturated rings. The highest BCUT2D eigenvalue weighted by molar-refractivity contribution is 14.1. The molecule has 3 nitrogen and oxygen atoms in total. The third-order valence-corrected chi connectivity index (χ3v) is 3.36. The fourth-order valence-electron chi connectivity index (χ4n) is 1.70. The fourth-order valence-corrected chi connectivity index (χ4v) is 2.06. The van der Waals surface area contributed by atoms with Crippen molar-refractivity contribution in [3.63, 3.8) is 0 Å². The Morgan fingerprint density at radius 3 is 2.59 bits per heavy atom. The lowest BCUT2D eigenvalue weighted by molar-refractivity contribution is 0.573. The number of nitrogens with zero attached hydrogens (tertiary/aromatic N) is 2. The van der Waals surface area contributed by atoms with Gasteiger partial charge in [-0.25, -0.2) is 0 Å². The van der Waals surface area contributed by atoms with Crippen molar-refractivity contribution in [2.45, 2.75) is 12.5 Å². The molecule has 1 heterocycles. The van der Waals surface area contributed by atoms with E-state index in [0.717, 1.165) is 12.1 Å². The predicted octanol–water partition coefficient (Wildman–Crippen LogP) is 2.58. The van der Waals surface area contributed by atoms with E-state index in [-0.39, 0.29) is 6.04 Å². The van der Waals surface area contributed by atoms with E-state index < -0.39 is 0 Å². The number of rotatable bonds is 4. The first-order chi connectivity index (χ1) is 8.29. The average Bonchev–Trinajstić information content (AvgIpc) is 2.39. The molecule has 2 rings (SSSR count). The first-order valence-corrected chi connectivity index (χ1v) is 6.55. The third kappa shape index (κ3) is 3.47. The molecule has 1 aromatic heterocycles. The summed E-state index contributed by atoms with van der Waals surface area (Å²) in [7, 11) is 1.95. The van der Waals surface area contributed by atoms with E-state index in [2.05, 4.69) is 62.1 Å². The van der Waals surface area contributed by atoms with Crippen LogP contribution >= 0.6 is 22.6 Å². The SMILES string of the molecule is CNC(Cc1ccc(I)cc1)c1cnccn1. The summed E-state index contributed by atoms with van der Waals surface area (Å²) in [6.45, 7) is 0. The van der Waals surface area contributed by atoms with Crippen molar-refractivity contribution in [3.8, 4) is 0 Å². The van der Waals surface area contributed by atoms with Gasteiger partial charge in [0.25, 0.3) is 0 Å². The average molecular weight is 339 g/mol. The Balaban J connectivity index is 2.13. The molecule has 88 valence electrons. The third-order valence-electron chi connectivity index (χ3n) is 2.64. The Kier molecular flexibility index (Phi) is 4.44. The van der Waals surface area contributed by atoms with Gasteiger partial charge in [-0.15, -0.1) is 0 Å². The van der Waals surface area contributed by atoms with Crippen molar-refractivity contribution < 1.29 is 0 Å². The highest BCUT2D eigenvalue weighted by Gasteiger charge is 2.11. The lowest BCUT2D eigenvalue weighted by atomic mass is 10.0. The van der Waals surface area contributed by atoms with Crippen LogP contribution in [0.3, 0.4) is 0 Å². The molecular weight excluding hydrogens is 325 g/mol. The maximum Gasteiger partial charge on any atom is 0.0759 e. The second-order valence-electron chi connectivity index (χ2n) is 3.80. The number of hydrogen-bond acceptors (Lipinski definition) is 3. The van der Waals surface area contributed by atoms with Crippen LogP contribution in [-0.4, -0.2) is 17.0 Å².